The number of nitrogens with one attached hydrogen (secondary N) is 1. The SMILES string of the molecule is COc1ccc(Nc2c(F)c(-c3ccccc3)nn2-c2ccccc2)cc1. The minimum atomic E-state index is -0.402. The van der Waals surface area contributed by atoms with Gasteiger partial charge in [0.25, 0.3) is 0 Å². The van der Waals surface area contributed by atoms with Crippen LogP contribution in [0, 0.1) is 5.82 Å². The molecule has 0 unspecified atom stereocenters. The Morgan fingerprint density at radius 3 is 2.11 bits per heavy atom. The Morgan fingerprint density at radius 1 is 0.852 bits per heavy atom. The van der Waals surface area contributed by atoms with E-state index in [1.165, 1.54) is 0 Å². The Balaban J connectivity index is 1.81. The lowest BCUT2D eigenvalue weighted by molar-refractivity contribution is 0.415. The molecule has 0 saturated carbocycles. The average Bonchev–Trinajstić information content (AvgIpc) is 3.06. The maximum atomic E-state index is 15.3. The fourth-order valence-corrected chi connectivity index (χ4v) is 2.85. The monoisotopic (exact) mass is 359 g/mol. The Bertz CT molecular complexity index is 1030. The second kappa shape index (κ2) is 7.33. The van der Waals surface area contributed by atoms with E-state index < -0.39 is 5.82 Å². The summed E-state index contributed by atoms with van der Waals surface area (Å²) in [7, 11) is 1.61. The molecule has 5 heteroatoms. The van der Waals surface area contributed by atoms with Crippen molar-refractivity contribution < 1.29 is 9.13 Å². The van der Waals surface area contributed by atoms with Gasteiger partial charge in [0.05, 0.1) is 12.8 Å². The molecule has 27 heavy (non-hydrogen) atoms. The summed E-state index contributed by atoms with van der Waals surface area (Å²) in [5, 5.41) is 7.69. The Kier molecular flexibility index (Phi) is 4.58. The summed E-state index contributed by atoms with van der Waals surface area (Å²) in [5.74, 6) is 0.619. The molecule has 134 valence electrons. The van der Waals surface area contributed by atoms with Crippen LogP contribution in [0.3, 0.4) is 0 Å². The summed E-state index contributed by atoms with van der Waals surface area (Å²) >= 11 is 0. The van der Waals surface area contributed by atoms with E-state index in [0.717, 1.165) is 22.7 Å². The van der Waals surface area contributed by atoms with E-state index in [2.05, 4.69) is 10.4 Å². The summed E-state index contributed by atoms with van der Waals surface area (Å²) in [6.45, 7) is 0. The van der Waals surface area contributed by atoms with Crippen LogP contribution in [-0.4, -0.2) is 16.9 Å². The van der Waals surface area contributed by atoms with Gasteiger partial charge in [-0.1, -0.05) is 48.5 Å². The van der Waals surface area contributed by atoms with Crippen LogP contribution in [0.4, 0.5) is 15.9 Å². The first-order valence-corrected chi connectivity index (χ1v) is 8.56. The number of para-hydroxylation sites is 1. The van der Waals surface area contributed by atoms with E-state index in [1.54, 1.807) is 11.8 Å². The standard InChI is InChI=1S/C22H18FN3O/c1-27-19-14-12-17(13-15-19)24-22-20(23)21(16-8-4-2-5-9-16)25-26(22)18-10-6-3-7-11-18/h2-15,24H,1H3. The molecule has 3 aromatic carbocycles. The van der Waals surface area contributed by atoms with Gasteiger partial charge in [-0.2, -0.15) is 5.10 Å². The molecule has 0 bridgehead atoms. The van der Waals surface area contributed by atoms with Gasteiger partial charge in [-0.25, -0.2) is 9.07 Å². The Labute approximate surface area is 156 Å². The number of ether oxygens (including phenoxy) is 1. The average molecular weight is 359 g/mol. The van der Waals surface area contributed by atoms with Gasteiger partial charge in [-0.15, -0.1) is 0 Å². The van der Waals surface area contributed by atoms with Crippen LogP contribution in [0.2, 0.25) is 0 Å². The van der Waals surface area contributed by atoms with Crippen molar-refractivity contribution in [3.8, 4) is 22.7 Å². The minimum absolute atomic E-state index is 0.283. The van der Waals surface area contributed by atoms with Crippen molar-refractivity contribution in [1.29, 1.82) is 0 Å². The molecule has 0 saturated heterocycles. The van der Waals surface area contributed by atoms with Crippen molar-refractivity contribution in [3.63, 3.8) is 0 Å². The van der Waals surface area contributed by atoms with Gasteiger partial charge in [0.1, 0.15) is 11.4 Å². The first-order valence-electron chi connectivity index (χ1n) is 8.56. The fraction of sp³-hybridized carbons (Fsp3) is 0.0455. The number of benzene rings is 3. The van der Waals surface area contributed by atoms with Crippen molar-refractivity contribution in [1.82, 2.24) is 9.78 Å². The first kappa shape index (κ1) is 16.8. The molecule has 0 aliphatic rings. The number of anilines is 2. The molecular weight excluding hydrogens is 341 g/mol. The van der Waals surface area contributed by atoms with Gasteiger partial charge in [0.2, 0.25) is 0 Å². The maximum Gasteiger partial charge on any atom is 0.193 e. The molecule has 0 radical (unpaired) electrons. The van der Waals surface area contributed by atoms with Crippen LogP contribution in [0.1, 0.15) is 0 Å². The third-order valence-corrected chi connectivity index (χ3v) is 4.23. The zero-order chi connectivity index (χ0) is 18.6. The zero-order valence-corrected chi connectivity index (χ0v) is 14.8. The maximum absolute atomic E-state index is 15.3. The van der Waals surface area contributed by atoms with Gasteiger partial charge < -0.3 is 10.1 Å². The van der Waals surface area contributed by atoms with Crippen molar-refractivity contribution >= 4 is 11.5 Å². The fourth-order valence-electron chi connectivity index (χ4n) is 2.85. The predicted octanol–water partition coefficient (Wildman–Crippen LogP) is 5.43. The second-order valence-corrected chi connectivity index (χ2v) is 5.98. The van der Waals surface area contributed by atoms with Gasteiger partial charge in [0, 0.05) is 11.3 Å². The van der Waals surface area contributed by atoms with Gasteiger partial charge in [-0.3, -0.25) is 0 Å². The molecule has 0 atom stereocenters. The zero-order valence-electron chi connectivity index (χ0n) is 14.8. The molecule has 1 N–H and O–H groups in total. The molecule has 0 spiro atoms. The minimum Gasteiger partial charge on any atom is -0.497 e. The highest BCUT2D eigenvalue weighted by atomic mass is 19.1. The highest BCUT2D eigenvalue weighted by Gasteiger charge is 2.20. The number of methoxy groups -OCH3 is 1. The summed E-state index contributed by atoms with van der Waals surface area (Å²) in [4.78, 5) is 0. The van der Waals surface area contributed by atoms with Crippen molar-refractivity contribution in [2.75, 3.05) is 12.4 Å². The number of rotatable bonds is 5. The van der Waals surface area contributed by atoms with E-state index in [4.69, 9.17) is 4.74 Å². The smallest absolute Gasteiger partial charge is 0.193 e. The van der Waals surface area contributed by atoms with Crippen LogP contribution in [-0.2, 0) is 0 Å². The summed E-state index contributed by atoms with van der Waals surface area (Å²) in [5.41, 5.74) is 2.54. The molecule has 0 aliphatic carbocycles. The van der Waals surface area contributed by atoms with Crippen LogP contribution < -0.4 is 10.1 Å². The largest absolute Gasteiger partial charge is 0.497 e. The molecule has 4 nitrogen and oxygen atoms in total. The van der Waals surface area contributed by atoms with Gasteiger partial charge in [-0.05, 0) is 36.4 Å². The number of halogens is 1. The van der Waals surface area contributed by atoms with Crippen molar-refractivity contribution in [2.45, 2.75) is 0 Å². The normalized spacial score (nSPS) is 10.6. The number of hydrogen-bond acceptors (Lipinski definition) is 3. The summed E-state index contributed by atoms with van der Waals surface area (Å²) < 4.78 is 22.1. The third kappa shape index (κ3) is 3.40. The molecule has 4 rings (SSSR count). The van der Waals surface area contributed by atoms with Crippen LogP contribution in [0.25, 0.3) is 16.9 Å². The van der Waals surface area contributed by atoms with Crippen molar-refractivity contribution in [3.05, 3.63) is 90.7 Å². The topological polar surface area (TPSA) is 39.1 Å². The van der Waals surface area contributed by atoms with E-state index in [1.807, 2.05) is 84.9 Å². The number of nitrogens with zero attached hydrogens (tertiary/aromatic N) is 2. The highest BCUT2D eigenvalue weighted by Crippen LogP contribution is 2.31. The second-order valence-electron chi connectivity index (χ2n) is 5.98. The quantitative estimate of drug-likeness (QED) is 0.516. The molecule has 4 aromatic rings. The van der Waals surface area contributed by atoms with Crippen LogP contribution in [0.5, 0.6) is 5.75 Å². The lowest BCUT2D eigenvalue weighted by atomic mass is 10.1. The first-order chi connectivity index (χ1) is 13.3. The lowest BCUT2D eigenvalue weighted by Crippen LogP contribution is -2.03. The molecule has 1 heterocycles. The Hall–Kier alpha value is -3.60. The van der Waals surface area contributed by atoms with E-state index in [9.17, 15) is 0 Å². The molecule has 0 fully saturated rings. The number of hydrogen-bond donors (Lipinski definition) is 1. The highest BCUT2D eigenvalue weighted by molar-refractivity contribution is 5.69. The molecule has 0 amide bonds. The third-order valence-electron chi connectivity index (χ3n) is 4.23. The van der Waals surface area contributed by atoms with Crippen LogP contribution >= 0.6 is 0 Å². The Morgan fingerprint density at radius 2 is 1.48 bits per heavy atom. The van der Waals surface area contributed by atoms with E-state index in [-0.39, 0.29) is 5.82 Å². The van der Waals surface area contributed by atoms with Crippen molar-refractivity contribution in [2.24, 2.45) is 0 Å². The predicted molar refractivity (Wildman–Crippen MR) is 105 cm³/mol. The van der Waals surface area contributed by atoms with Gasteiger partial charge >= 0.3 is 0 Å². The van der Waals surface area contributed by atoms with E-state index in [0.29, 0.717) is 5.69 Å². The molecule has 1 aromatic heterocycles. The van der Waals surface area contributed by atoms with Crippen LogP contribution in [0.15, 0.2) is 84.9 Å². The number of aromatic nitrogens is 2. The molecular formula is C22H18FN3O. The van der Waals surface area contributed by atoms with E-state index >= 15 is 4.39 Å². The molecule has 0 aliphatic heterocycles. The van der Waals surface area contributed by atoms with Gasteiger partial charge in [0.15, 0.2) is 11.6 Å². The summed E-state index contributed by atoms with van der Waals surface area (Å²) in [6, 6.07) is 26.1. The lowest BCUT2D eigenvalue weighted by Gasteiger charge is -2.10. The summed E-state index contributed by atoms with van der Waals surface area (Å²) in [6.07, 6.45) is 0.